The summed E-state index contributed by atoms with van der Waals surface area (Å²) < 4.78 is 22.9. The number of sulfone groups is 1. The van der Waals surface area contributed by atoms with Crippen LogP contribution in [0.3, 0.4) is 0 Å². The first-order chi connectivity index (χ1) is 8.93. The zero-order valence-electron chi connectivity index (χ0n) is 9.64. The van der Waals surface area contributed by atoms with Crippen LogP contribution in [-0.2, 0) is 9.84 Å². The molecule has 0 radical (unpaired) electrons. The van der Waals surface area contributed by atoms with Gasteiger partial charge in [0.2, 0.25) is 0 Å². The van der Waals surface area contributed by atoms with E-state index in [0.29, 0.717) is 10.0 Å². The molecule has 0 aliphatic carbocycles. The molecular weight excluding hydrogens is 327 g/mol. The summed E-state index contributed by atoms with van der Waals surface area (Å²) in [7, 11) is -2.91. The van der Waals surface area contributed by atoms with Crippen molar-refractivity contribution >= 4 is 55.7 Å². The van der Waals surface area contributed by atoms with Crippen molar-refractivity contribution in [3.63, 3.8) is 0 Å². The van der Waals surface area contributed by atoms with Gasteiger partial charge in [-0.1, -0.05) is 35.0 Å². The number of amidine groups is 1. The first-order valence-corrected chi connectivity index (χ1v) is 9.06. The molecule has 2 unspecified atom stereocenters. The highest BCUT2D eigenvalue weighted by Gasteiger charge is 2.42. The van der Waals surface area contributed by atoms with Gasteiger partial charge in [0.15, 0.2) is 15.0 Å². The summed E-state index contributed by atoms with van der Waals surface area (Å²) in [5.74, 6) is 0.357. The number of hydrogen-bond donors (Lipinski definition) is 1. The Morgan fingerprint density at radius 3 is 2.74 bits per heavy atom. The topological polar surface area (TPSA) is 58.5 Å². The summed E-state index contributed by atoms with van der Waals surface area (Å²) in [6, 6.07) is 5.11. The lowest BCUT2D eigenvalue weighted by Crippen LogP contribution is -2.13. The normalized spacial score (nSPS) is 28.0. The number of aliphatic imine (C=N–C) groups is 1. The predicted molar refractivity (Wildman–Crippen MR) is 81.3 cm³/mol. The Morgan fingerprint density at radius 1 is 1.26 bits per heavy atom. The van der Waals surface area contributed by atoms with Crippen molar-refractivity contribution in [1.29, 1.82) is 0 Å². The van der Waals surface area contributed by atoms with Crippen molar-refractivity contribution in [1.82, 2.24) is 0 Å². The molecule has 1 N–H and O–H groups in total. The summed E-state index contributed by atoms with van der Waals surface area (Å²) in [4.78, 5) is 4.41. The highest BCUT2D eigenvalue weighted by molar-refractivity contribution is 8.15. The summed E-state index contributed by atoms with van der Waals surface area (Å²) in [6.07, 6.45) is 0. The van der Waals surface area contributed by atoms with E-state index in [9.17, 15) is 8.42 Å². The third kappa shape index (κ3) is 2.86. The van der Waals surface area contributed by atoms with Crippen molar-refractivity contribution in [2.45, 2.75) is 11.3 Å². The van der Waals surface area contributed by atoms with Crippen LogP contribution in [-0.4, -0.2) is 36.4 Å². The third-order valence-corrected chi connectivity index (χ3v) is 6.87. The second-order valence-electron chi connectivity index (χ2n) is 4.49. The predicted octanol–water partition coefficient (Wildman–Crippen LogP) is 2.67. The molecule has 2 heterocycles. The van der Waals surface area contributed by atoms with E-state index in [0.717, 1.165) is 10.9 Å². The van der Waals surface area contributed by atoms with E-state index in [-0.39, 0.29) is 22.8 Å². The lowest BCUT2D eigenvalue weighted by Gasteiger charge is -2.07. The number of nitrogens with zero attached hydrogens (tertiary/aromatic N) is 1. The van der Waals surface area contributed by atoms with Gasteiger partial charge in [-0.15, -0.1) is 0 Å². The van der Waals surface area contributed by atoms with E-state index in [2.05, 4.69) is 10.3 Å². The van der Waals surface area contributed by atoms with Crippen LogP contribution in [0, 0.1) is 0 Å². The molecule has 102 valence electrons. The largest absolute Gasteiger partial charge is 0.335 e. The van der Waals surface area contributed by atoms with Gasteiger partial charge in [0, 0.05) is 10.9 Å². The highest BCUT2D eigenvalue weighted by atomic mass is 35.5. The number of nitrogens with one attached hydrogen (secondary N) is 1. The van der Waals surface area contributed by atoms with Crippen LogP contribution in [0.2, 0.25) is 10.0 Å². The number of benzene rings is 1. The number of fused-ring (bicyclic) bond motifs is 1. The van der Waals surface area contributed by atoms with Gasteiger partial charge in [0.05, 0.1) is 27.6 Å². The van der Waals surface area contributed by atoms with E-state index < -0.39 is 9.84 Å². The van der Waals surface area contributed by atoms with E-state index >= 15 is 0 Å². The number of halogens is 2. The van der Waals surface area contributed by atoms with Crippen LogP contribution < -0.4 is 5.32 Å². The van der Waals surface area contributed by atoms with Gasteiger partial charge in [-0.2, -0.15) is 0 Å². The zero-order valence-corrected chi connectivity index (χ0v) is 12.8. The van der Waals surface area contributed by atoms with Crippen molar-refractivity contribution in [2.75, 3.05) is 16.8 Å². The Hall–Kier alpha value is -0.430. The molecule has 19 heavy (non-hydrogen) atoms. The lowest BCUT2D eigenvalue weighted by molar-refractivity contribution is 0.601. The van der Waals surface area contributed by atoms with Crippen LogP contribution in [0.4, 0.5) is 5.69 Å². The fourth-order valence-corrected chi connectivity index (χ4v) is 6.09. The SMILES string of the molecule is O=S1(=O)CC2N=C(Nc3ccc(Cl)c(Cl)c3)SC2C1. The second kappa shape index (κ2) is 4.84. The Kier molecular flexibility index (Phi) is 3.45. The maximum atomic E-state index is 11.5. The Morgan fingerprint density at radius 2 is 2.05 bits per heavy atom. The number of rotatable bonds is 1. The average Bonchev–Trinajstić information content (AvgIpc) is 2.76. The van der Waals surface area contributed by atoms with Crippen molar-refractivity contribution in [2.24, 2.45) is 4.99 Å². The molecule has 2 aliphatic rings. The third-order valence-electron chi connectivity index (χ3n) is 2.99. The Balaban J connectivity index is 1.74. The van der Waals surface area contributed by atoms with E-state index in [4.69, 9.17) is 23.2 Å². The first-order valence-electron chi connectivity index (χ1n) is 5.60. The summed E-state index contributed by atoms with van der Waals surface area (Å²) in [5.41, 5.74) is 0.795. The summed E-state index contributed by atoms with van der Waals surface area (Å²) >= 11 is 13.3. The van der Waals surface area contributed by atoms with Crippen molar-refractivity contribution < 1.29 is 8.42 Å². The minimum Gasteiger partial charge on any atom is -0.335 e. The van der Waals surface area contributed by atoms with Gasteiger partial charge in [0.25, 0.3) is 0 Å². The van der Waals surface area contributed by atoms with Gasteiger partial charge in [0.1, 0.15) is 0 Å². The van der Waals surface area contributed by atoms with Gasteiger partial charge >= 0.3 is 0 Å². The fraction of sp³-hybridized carbons (Fsp3) is 0.364. The molecule has 3 rings (SSSR count). The van der Waals surface area contributed by atoms with Crippen LogP contribution in [0.15, 0.2) is 23.2 Å². The monoisotopic (exact) mass is 336 g/mol. The summed E-state index contributed by atoms with van der Waals surface area (Å²) in [6.45, 7) is 0. The first kappa shape index (κ1) is 13.5. The van der Waals surface area contributed by atoms with Gasteiger partial charge < -0.3 is 5.32 Å². The molecule has 0 spiro atoms. The molecule has 1 saturated heterocycles. The van der Waals surface area contributed by atoms with Crippen LogP contribution in [0.25, 0.3) is 0 Å². The molecule has 0 bridgehead atoms. The molecule has 4 nitrogen and oxygen atoms in total. The molecule has 1 aromatic rings. The number of anilines is 1. The number of thioether (sulfide) groups is 1. The standard InChI is InChI=1S/C11H10Cl2N2O2S2/c12-7-2-1-6(3-8(7)13)14-11-15-9-4-19(16,17)5-10(9)18-11/h1-3,9-10H,4-5H2,(H,14,15). The molecule has 0 amide bonds. The molecule has 0 saturated carbocycles. The van der Waals surface area contributed by atoms with E-state index in [1.54, 1.807) is 12.1 Å². The lowest BCUT2D eigenvalue weighted by atomic mass is 10.3. The minimum absolute atomic E-state index is 0.0373. The van der Waals surface area contributed by atoms with Gasteiger partial charge in [-0.05, 0) is 18.2 Å². The maximum absolute atomic E-state index is 11.5. The smallest absolute Gasteiger partial charge is 0.161 e. The molecule has 0 aromatic heterocycles. The zero-order chi connectivity index (χ0) is 13.6. The Bertz CT molecular complexity index is 661. The molecule has 1 aromatic carbocycles. The molecule has 8 heteroatoms. The fourth-order valence-electron chi connectivity index (χ4n) is 2.11. The summed E-state index contributed by atoms with van der Waals surface area (Å²) in [5, 5.41) is 4.88. The van der Waals surface area contributed by atoms with Crippen LogP contribution in [0.5, 0.6) is 0 Å². The number of hydrogen-bond acceptors (Lipinski definition) is 5. The minimum atomic E-state index is -2.91. The average molecular weight is 337 g/mol. The molecular formula is C11H10Cl2N2O2S2. The van der Waals surface area contributed by atoms with Crippen LogP contribution in [0.1, 0.15) is 0 Å². The molecule has 2 aliphatic heterocycles. The van der Waals surface area contributed by atoms with Gasteiger partial charge in [-0.3, -0.25) is 4.99 Å². The van der Waals surface area contributed by atoms with E-state index in [1.165, 1.54) is 11.8 Å². The van der Waals surface area contributed by atoms with Gasteiger partial charge in [-0.25, -0.2) is 8.42 Å². The molecule has 1 fully saturated rings. The Labute approximate surface area is 125 Å². The second-order valence-corrected chi connectivity index (χ2v) is 8.68. The maximum Gasteiger partial charge on any atom is 0.161 e. The van der Waals surface area contributed by atoms with Crippen LogP contribution >= 0.6 is 35.0 Å². The quantitative estimate of drug-likeness (QED) is 0.856. The van der Waals surface area contributed by atoms with Crippen molar-refractivity contribution in [3.05, 3.63) is 28.2 Å². The van der Waals surface area contributed by atoms with Crippen molar-refractivity contribution in [3.8, 4) is 0 Å². The van der Waals surface area contributed by atoms with E-state index in [1.807, 2.05) is 6.07 Å². The molecule has 2 atom stereocenters. The highest BCUT2D eigenvalue weighted by Crippen LogP contribution is 2.35.